The second-order valence-corrected chi connectivity index (χ2v) is 8.88. The van der Waals surface area contributed by atoms with E-state index in [4.69, 9.17) is 25.8 Å². The Morgan fingerprint density at radius 1 is 1.00 bits per heavy atom. The fourth-order valence-electron chi connectivity index (χ4n) is 4.33. The van der Waals surface area contributed by atoms with E-state index in [1.165, 1.54) is 25.2 Å². The molecule has 0 aliphatic carbocycles. The van der Waals surface area contributed by atoms with Crippen molar-refractivity contribution < 1.29 is 33.7 Å². The fourth-order valence-corrected chi connectivity index (χ4v) is 4.51. The van der Waals surface area contributed by atoms with Gasteiger partial charge in [-0.15, -0.1) is 0 Å². The zero-order valence-electron chi connectivity index (χ0n) is 21.1. The van der Waals surface area contributed by atoms with Crippen LogP contribution in [0.4, 0.5) is 0 Å². The normalized spacial score (nSPS) is 16.4. The molecule has 1 unspecified atom stereocenters. The van der Waals surface area contributed by atoms with E-state index in [1.807, 2.05) is 0 Å². The molecular formula is C29H26ClNO7. The molecule has 0 aromatic heterocycles. The Balaban J connectivity index is 1.82. The van der Waals surface area contributed by atoms with Crippen LogP contribution >= 0.6 is 11.6 Å². The van der Waals surface area contributed by atoms with Crippen LogP contribution in [0.1, 0.15) is 40.0 Å². The van der Waals surface area contributed by atoms with Crippen LogP contribution in [0.25, 0.3) is 5.76 Å². The minimum Gasteiger partial charge on any atom is -0.507 e. The molecular weight excluding hydrogens is 510 g/mol. The summed E-state index contributed by atoms with van der Waals surface area (Å²) >= 11 is 6.21. The summed E-state index contributed by atoms with van der Waals surface area (Å²) in [6.07, 6.45) is 0. The Bertz CT molecular complexity index is 1410. The molecule has 1 saturated heterocycles. The third kappa shape index (κ3) is 5.21. The highest BCUT2D eigenvalue weighted by molar-refractivity contribution is 6.46. The van der Waals surface area contributed by atoms with Gasteiger partial charge in [0.25, 0.3) is 11.7 Å². The van der Waals surface area contributed by atoms with Gasteiger partial charge in [-0.3, -0.25) is 9.59 Å². The lowest BCUT2D eigenvalue weighted by Crippen LogP contribution is -2.29. The number of hydrogen-bond donors (Lipinski definition) is 1. The number of ether oxygens (including phenoxy) is 3. The van der Waals surface area contributed by atoms with E-state index in [-0.39, 0.29) is 23.4 Å². The molecule has 1 aliphatic rings. The van der Waals surface area contributed by atoms with Gasteiger partial charge in [0.05, 0.1) is 43.0 Å². The highest BCUT2D eigenvalue weighted by Gasteiger charge is 2.46. The molecule has 1 aliphatic heterocycles. The number of amides is 1. The number of methoxy groups -OCH3 is 2. The van der Waals surface area contributed by atoms with E-state index in [2.05, 4.69) is 0 Å². The lowest BCUT2D eigenvalue weighted by molar-refractivity contribution is -0.140. The van der Waals surface area contributed by atoms with E-state index in [9.17, 15) is 19.5 Å². The fraction of sp³-hybridized carbons (Fsp3) is 0.207. The molecule has 1 atom stereocenters. The first-order valence-electron chi connectivity index (χ1n) is 11.8. The molecule has 0 saturated carbocycles. The van der Waals surface area contributed by atoms with E-state index < -0.39 is 23.7 Å². The molecule has 0 bridgehead atoms. The minimum absolute atomic E-state index is 0.0511. The summed E-state index contributed by atoms with van der Waals surface area (Å²) in [5.74, 6) is -1.55. The average molecular weight is 536 g/mol. The second kappa shape index (κ2) is 11.4. The van der Waals surface area contributed by atoms with Gasteiger partial charge in [-0.1, -0.05) is 35.9 Å². The summed E-state index contributed by atoms with van der Waals surface area (Å²) in [5, 5.41) is 11.7. The summed E-state index contributed by atoms with van der Waals surface area (Å²) in [5.41, 5.74) is 1.83. The maximum absolute atomic E-state index is 13.4. The number of likely N-dealkylation sites (tertiary alicyclic amines) is 1. The lowest BCUT2D eigenvalue weighted by atomic mass is 9.95. The monoisotopic (exact) mass is 535 g/mol. The first-order valence-corrected chi connectivity index (χ1v) is 12.2. The van der Waals surface area contributed by atoms with E-state index in [1.54, 1.807) is 67.6 Å². The van der Waals surface area contributed by atoms with Crippen LogP contribution in [0.15, 0.2) is 72.3 Å². The highest BCUT2D eigenvalue weighted by atomic mass is 35.5. The first-order chi connectivity index (χ1) is 18.3. The molecule has 1 fully saturated rings. The van der Waals surface area contributed by atoms with Crippen LogP contribution in [0, 0.1) is 0 Å². The van der Waals surface area contributed by atoms with Crippen LogP contribution in [0.2, 0.25) is 5.02 Å². The van der Waals surface area contributed by atoms with Gasteiger partial charge < -0.3 is 24.2 Å². The van der Waals surface area contributed by atoms with E-state index >= 15 is 0 Å². The standard InChI is InChI=1S/C29H26ClNO7/c1-4-38-23-15-20(12-13-22(23)30)26(32)24-25(19-6-5-7-21(14-19)36-2)31(28(34)27(24)33)16-17-8-10-18(11-9-17)29(35)37-3/h5-15,25,32H,4,16H2,1-3H3/b26-24-. The number of aliphatic hydroxyl groups is 1. The molecule has 4 rings (SSSR count). The van der Waals surface area contributed by atoms with Crippen molar-refractivity contribution >= 4 is 35.0 Å². The SMILES string of the molecule is CCOc1cc(/C(O)=C2/C(=O)C(=O)N(Cc3ccc(C(=O)OC)cc3)C2c2cccc(OC)c2)ccc1Cl. The smallest absolute Gasteiger partial charge is 0.337 e. The molecule has 0 spiro atoms. The van der Waals surface area contributed by atoms with Gasteiger partial charge >= 0.3 is 5.97 Å². The van der Waals surface area contributed by atoms with Gasteiger partial charge in [-0.05, 0) is 60.5 Å². The predicted molar refractivity (Wildman–Crippen MR) is 141 cm³/mol. The summed E-state index contributed by atoms with van der Waals surface area (Å²) in [7, 11) is 2.81. The molecule has 1 N–H and O–H groups in total. The predicted octanol–water partition coefficient (Wildman–Crippen LogP) is 5.16. The van der Waals surface area contributed by atoms with Crippen LogP contribution in [-0.2, 0) is 20.9 Å². The van der Waals surface area contributed by atoms with Gasteiger partial charge in [0.1, 0.15) is 17.3 Å². The Hall–Kier alpha value is -4.30. The molecule has 3 aromatic carbocycles. The van der Waals surface area contributed by atoms with E-state index in [0.29, 0.717) is 39.8 Å². The molecule has 1 amide bonds. The number of carbonyl (C=O) groups is 3. The summed E-state index contributed by atoms with van der Waals surface area (Å²) < 4.78 is 15.6. The topological polar surface area (TPSA) is 102 Å². The summed E-state index contributed by atoms with van der Waals surface area (Å²) in [6, 6.07) is 17.2. The number of halogens is 1. The van der Waals surface area contributed by atoms with Crippen molar-refractivity contribution in [2.45, 2.75) is 19.5 Å². The van der Waals surface area contributed by atoms with Gasteiger partial charge in [0.15, 0.2) is 0 Å². The van der Waals surface area contributed by atoms with Crippen molar-refractivity contribution in [1.82, 2.24) is 4.90 Å². The minimum atomic E-state index is -0.906. The highest BCUT2D eigenvalue weighted by Crippen LogP contribution is 2.42. The van der Waals surface area contributed by atoms with Crippen molar-refractivity contribution in [3.8, 4) is 11.5 Å². The third-order valence-electron chi connectivity index (χ3n) is 6.18. The molecule has 38 heavy (non-hydrogen) atoms. The Labute approximate surface area is 225 Å². The lowest BCUT2D eigenvalue weighted by Gasteiger charge is -2.26. The van der Waals surface area contributed by atoms with Gasteiger partial charge in [-0.2, -0.15) is 0 Å². The number of nitrogens with zero attached hydrogens (tertiary/aromatic N) is 1. The molecule has 9 heteroatoms. The van der Waals surface area contributed by atoms with Crippen LogP contribution < -0.4 is 9.47 Å². The molecule has 196 valence electrons. The van der Waals surface area contributed by atoms with Crippen molar-refractivity contribution in [3.63, 3.8) is 0 Å². The number of carbonyl (C=O) groups excluding carboxylic acids is 3. The third-order valence-corrected chi connectivity index (χ3v) is 6.49. The van der Waals surface area contributed by atoms with Gasteiger partial charge in [0.2, 0.25) is 0 Å². The quantitative estimate of drug-likeness (QED) is 0.184. The number of esters is 1. The largest absolute Gasteiger partial charge is 0.507 e. The number of rotatable bonds is 8. The van der Waals surface area contributed by atoms with Crippen LogP contribution in [-0.4, -0.2) is 48.5 Å². The van der Waals surface area contributed by atoms with Gasteiger partial charge in [0, 0.05) is 12.1 Å². The molecule has 3 aromatic rings. The Kier molecular flexibility index (Phi) is 8.02. The Morgan fingerprint density at radius 2 is 1.71 bits per heavy atom. The number of aliphatic hydroxyl groups excluding tert-OH is 1. The zero-order valence-corrected chi connectivity index (χ0v) is 21.8. The van der Waals surface area contributed by atoms with E-state index in [0.717, 1.165) is 0 Å². The van der Waals surface area contributed by atoms with Crippen molar-refractivity contribution in [3.05, 3.63) is 99.6 Å². The summed E-state index contributed by atoms with van der Waals surface area (Å²) in [6.45, 7) is 2.21. The average Bonchev–Trinajstić information content (AvgIpc) is 3.18. The number of hydrogen-bond acceptors (Lipinski definition) is 7. The first kappa shape index (κ1) is 26.8. The molecule has 1 heterocycles. The maximum atomic E-state index is 13.4. The van der Waals surface area contributed by atoms with Crippen LogP contribution in [0.3, 0.4) is 0 Å². The summed E-state index contributed by atoms with van der Waals surface area (Å²) in [4.78, 5) is 39.9. The maximum Gasteiger partial charge on any atom is 0.337 e. The van der Waals surface area contributed by atoms with Crippen molar-refractivity contribution in [2.75, 3.05) is 20.8 Å². The number of benzene rings is 3. The second-order valence-electron chi connectivity index (χ2n) is 8.47. The zero-order chi connectivity index (χ0) is 27.4. The number of Topliss-reactive ketones (excluding diaryl/α,β-unsaturated/α-hetero) is 1. The van der Waals surface area contributed by atoms with Crippen molar-refractivity contribution in [1.29, 1.82) is 0 Å². The van der Waals surface area contributed by atoms with Gasteiger partial charge in [-0.25, -0.2) is 4.79 Å². The van der Waals surface area contributed by atoms with Crippen molar-refractivity contribution in [2.24, 2.45) is 0 Å². The Morgan fingerprint density at radius 3 is 2.37 bits per heavy atom. The van der Waals surface area contributed by atoms with Crippen LogP contribution in [0.5, 0.6) is 11.5 Å². The molecule has 8 nitrogen and oxygen atoms in total. The molecule has 0 radical (unpaired) electrons. The number of ketones is 1.